The molecule has 5 heteroatoms. The summed E-state index contributed by atoms with van der Waals surface area (Å²) in [6, 6.07) is 11.6. The highest BCUT2D eigenvalue weighted by atomic mass is 32.2. The Morgan fingerprint density at radius 3 is 2.61 bits per heavy atom. The Labute approximate surface area is 140 Å². The number of rotatable bonds is 9. The van der Waals surface area contributed by atoms with Crippen LogP contribution in [0.2, 0.25) is 0 Å². The van der Waals surface area contributed by atoms with Gasteiger partial charge in [0.15, 0.2) is 0 Å². The second-order valence-corrected chi connectivity index (χ2v) is 6.57. The fraction of sp³-hybridized carbons (Fsp3) is 0.389. The van der Waals surface area contributed by atoms with Gasteiger partial charge in [-0.25, -0.2) is 0 Å². The van der Waals surface area contributed by atoms with Gasteiger partial charge in [0.05, 0.1) is 19.6 Å². The van der Waals surface area contributed by atoms with Gasteiger partial charge in [0.2, 0.25) is 0 Å². The molecule has 4 nitrogen and oxygen atoms in total. The summed E-state index contributed by atoms with van der Waals surface area (Å²) in [6.45, 7) is 0.168. The molecule has 0 saturated heterocycles. The Hall–Kier alpha value is -1.72. The quantitative estimate of drug-likeness (QED) is 0.687. The van der Waals surface area contributed by atoms with Crippen molar-refractivity contribution in [3.05, 3.63) is 42.0 Å². The van der Waals surface area contributed by atoms with E-state index >= 15 is 0 Å². The van der Waals surface area contributed by atoms with Gasteiger partial charge in [-0.1, -0.05) is 24.3 Å². The average molecular weight is 334 g/mol. The largest absolute Gasteiger partial charge is 0.497 e. The van der Waals surface area contributed by atoms with Crippen molar-refractivity contribution in [3.63, 3.8) is 0 Å². The smallest absolute Gasteiger partial charge is 0.310 e. The summed E-state index contributed by atoms with van der Waals surface area (Å²) >= 11 is 1.65. The van der Waals surface area contributed by atoms with Crippen LogP contribution in [0.25, 0.3) is 10.8 Å². The van der Waals surface area contributed by atoms with E-state index in [0.717, 1.165) is 34.3 Å². The molecule has 0 aliphatic carbocycles. The normalized spacial score (nSPS) is 12.3. The van der Waals surface area contributed by atoms with E-state index in [-0.39, 0.29) is 6.61 Å². The van der Waals surface area contributed by atoms with Crippen molar-refractivity contribution >= 4 is 28.5 Å². The van der Waals surface area contributed by atoms with Crippen LogP contribution in [0, 0.1) is 0 Å². The van der Waals surface area contributed by atoms with E-state index in [9.17, 15) is 9.90 Å². The van der Waals surface area contributed by atoms with Crippen LogP contribution in [0.15, 0.2) is 36.4 Å². The number of carboxylic acids is 1. The van der Waals surface area contributed by atoms with Crippen LogP contribution in [0.3, 0.4) is 0 Å². The Kier molecular flexibility index (Phi) is 6.74. The minimum atomic E-state index is -0.787. The molecule has 23 heavy (non-hydrogen) atoms. The van der Waals surface area contributed by atoms with Crippen LogP contribution in [-0.2, 0) is 4.79 Å². The van der Waals surface area contributed by atoms with E-state index in [1.54, 1.807) is 18.9 Å². The van der Waals surface area contributed by atoms with Gasteiger partial charge in [-0.2, -0.15) is 11.8 Å². The van der Waals surface area contributed by atoms with Gasteiger partial charge in [0, 0.05) is 5.75 Å². The molecule has 0 radical (unpaired) electrons. The Balaban J connectivity index is 2.12. The standard InChI is InChI=1S/C18H22O4S/c1-22-16-7-6-13-11-15(5-4-14(13)12-16)17(18(20)21)3-2-9-23-10-8-19/h4-7,11-12,17,19H,2-3,8-10H2,1H3,(H,20,21)/t17-/m0/s1. The maximum Gasteiger partial charge on any atom is 0.310 e. The van der Waals surface area contributed by atoms with Crippen molar-refractivity contribution in [1.29, 1.82) is 0 Å². The number of hydrogen-bond donors (Lipinski definition) is 2. The van der Waals surface area contributed by atoms with E-state index in [2.05, 4.69) is 0 Å². The predicted molar refractivity (Wildman–Crippen MR) is 94.5 cm³/mol. The Morgan fingerprint density at radius 1 is 1.17 bits per heavy atom. The molecule has 0 unspecified atom stereocenters. The fourth-order valence-electron chi connectivity index (χ4n) is 2.57. The molecule has 0 aliphatic rings. The van der Waals surface area contributed by atoms with Crippen molar-refractivity contribution in [2.45, 2.75) is 18.8 Å². The van der Waals surface area contributed by atoms with E-state index in [1.165, 1.54) is 0 Å². The molecule has 1 atom stereocenters. The van der Waals surface area contributed by atoms with Crippen LogP contribution < -0.4 is 4.74 Å². The van der Waals surface area contributed by atoms with Gasteiger partial charge in [0.1, 0.15) is 5.75 Å². The maximum atomic E-state index is 11.6. The zero-order chi connectivity index (χ0) is 16.7. The number of carbonyl (C=O) groups is 1. The highest BCUT2D eigenvalue weighted by Gasteiger charge is 2.19. The predicted octanol–water partition coefficient (Wildman–Crippen LogP) is 3.52. The van der Waals surface area contributed by atoms with E-state index in [1.807, 2.05) is 36.4 Å². The molecule has 2 aromatic rings. The van der Waals surface area contributed by atoms with Crippen LogP contribution in [0.4, 0.5) is 0 Å². The number of aliphatic carboxylic acids is 1. The summed E-state index contributed by atoms with van der Waals surface area (Å²) in [5, 5.41) is 20.3. The lowest BCUT2D eigenvalue weighted by atomic mass is 9.92. The third-order valence-electron chi connectivity index (χ3n) is 3.79. The summed E-state index contributed by atoms with van der Waals surface area (Å²) in [5.41, 5.74) is 0.835. The fourth-order valence-corrected chi connectivity index (χ4v) is 3.28. The molecule has 0 aromatic heterocycles. The van der Waals surface area contributed by atoms with E-state index in [0.29, 0.717) is 12.2 Å². The molecule has 124 valence electrons. The first kappa shape index (κ1) is 17.6. The summed E-state index contributed by atoms with van der Waals surface area (Å²) in [6.07, 6.45) is 1.43. The van der Waals surface area contributed by atoms with Crippen molar-refractivity contribution < 1.29 is 19.7 Å². The number of aliphatic hydroxyl groups excluding tert-OH is 1. The number of thioether (sulfide) groups is 1. The highest BCUT2D eigenvalue weighted by Crippen LogP contribution is 2.28. The molecule has 0 bridgehead atoms. The number of fused-ring (bicyclic) bond motifs is 1. The molecule has 0 spiro atoms. The van der Waals surface area contributed by atoms with Crippen LogP contribution in [0.5, 0.6) is 5.75 Å². The van der Waals surface area contributed by atoms with Gasteiger partial charge in [0.25, 0.3) is 0 Å². The molecule has 2 aromatic carbocycles. The van der Waals surface area contributed by atoms with Crippen molar-refractivity contribution in [3.8, 4) is 5.75 Å². The minimum absolute atomic E-state index is 0.168. The molecule has 0 saturated carbocycles. The number of hydrogen-bond acceptors (Lipinski definition) is 4. The van der Waals surface area contributed by atoms with Gasteiger partial charge in [-0.3, -0.25) is 4.79 Å². The zero-order valence-corrected chi connectivity index (χ0v) is 14.0. The number of ether oxygens (including phenoxy) is 1. The van der Waals surface area contributed by atoms with E-state index in [4.69, 9.17) is 9.84 Å². The molecule has 0 amide bonds. The SMILES string of the molecule is COc1ccc2cc([C@H](CCCSCCO)C(=O)O)ccc2c1. The Morgan fingerprint density at radius 2 is 1.91 bits per heavy atom. The molecule has 0 aliphatic heterocycles. The summed E-state index contributed by atoms with van der Waals surface area (Å²) in [7, 11) is 1.63. The number of methoxy groups -OCH3 is 1. The third kappa shape index (κ3) is 4.88. The molecule has 0 fully saturated rings. The summed E-state index contributed by atoms with van der Waals surface area (Å²) in [5.74, 6) is 1.09. The lowest BCUT2D eigenvalue weighted by Crippen LogP contribution is -2.12. The lowest BCUT2D eigenvalue weighted by Gasteiger charge is -2.14. The van der Waals surface area contributed by atoms with Crippen LogP contribution >= 0.6 is 11.8 Å². The van der Waals surface area contributed by atoms with Crippen LogP contribution in [0.1, 0.15) is 24.3 Å². The first-order valence-electron chi connectivity index (χ1n) is 7.65. The first-order valence-corrected chi connectivity index (χ1v) is 8.80. The topological polar surface area (TPSA) is 66.8 Å². The van der Waals surface area contributed by atoms with Gasteiger partial charge < -0.3 is 14.9 Å². The van der Waals surface area contributed by atoms with Crippen molar-refractivity contribution in [2.75, 3.05) is 25.2 Å². The van der Waals surface area contributed by atoms with Gasteiger partial charge in [-0.15, -0.1) is 0 Å². The Bertz CT molecular complexity index is 657. The number of benzene rings is 2. The minimum Gasteiger partial charge on any atom is -0.497 e. The van der Waals surface area contributed by atoms with Crippen LogP contribution in [-0.4, -0.2) is 41.4 Å². The monoisotopic (exact) mass is 334 g/mol. The molecular formula is C18H22O4S. The lowest BCUT2D eigenvalue weighted by molar-refractivity contribution is -0.139. The first-order chi connectivity index (χ1) is 11.2. The third-order valence-corrected chi connectivity index (χ3v) is 4.84. The molecular weight excluding hydrogens is 312 g/mol. The summed E-state index contributed by atoms with van der Waals surface area (Å²) < 4.78 is 5.21. The molecule has 0 heterocycles. The van der Waals surface area contributed by atoms with E-state index < -0.39 is 11.9 Å². The van der Waals surface area contributed by atoms with Gasteiger partial charge >= 0.3 is 5.97 Å². The average Bonchev–Trinajstić information content (AvgIpc) is 2.57. The maximum absolute atomic E-state index is 11.6. The van der Waals surface area contributed by atoms with Crippen molar-refractivity contribution in [2.24, 2.45) is 0 Å². The highest BCUT2D eigenvalue weighted by molar-refractivity contribution is 7.99. The summed E-state index contributed by atoms with van der Waals surface area (Å²) in [4.78, 5) is 11.6. The molecule has 2 N–H and O–H groups in total. The molecule has 2 rings (SSSR count). The zero-order valence-electron chi connectivity index (χ0n) is 13.2. The second kappa shape index (κ2) is 8.79. The van der Waals surface area contributed by atoms with Gasteiger partial charge in [-0.05, 0) is 47.1 Å². The number of carboxylic acid groups (broad SMARTS) is 1. The second-order valence-electron chi connectivity index (χ2n) is 5.34. The van der Waals surface area contributed by atoms with Crippen molar-refractivity contribution in [1.82, 2.24) is 0 Å². The number of aliphatic hydroxyl groups is 1.